The smallest absolute Gasteiger partial charge is 0.163 e. The Kier molecular flexibility index (Phi) is 5.24. The first kappa shape index (κ1) is 14.7. The molecule has 1 atom stereocenters. The molecule has 0 saturated heterocycles. The van der Waals surface area contributed by atoms with Gasteiger partial charge >= 0.3 is 0 Å². The van der Waals surface area contributed by atoms with E-state index < -0.39 is 11.6 Å². The quantitative estimate of drug-likeness (QED) is 0.831. The zero-order valence-corrected chi connectivity index (χ0v) is 11.6. The second kappa shape index (κ2) is 7.15. The Morgan fingerprint density at radius 3 is 2.45 bits per heavy atom. The number of halogens is 2. The van der Waals surface area contributed by atoms with E-state index in [1.54, 1.807) is 12.1 Å². The summed E-state index contributed by atoms with van der Waals surface area (Å²) in [4.78, 5) is 0. The van der Waals surface area contributed by atoms with Crippen molar-refractivity contribution in [1.29, 1.82) is 0 Å². The topological polar surface area (TPSA) is 12.0 Å². The SMILES string of the molecule is CCCNC(Cc1ccccc1)c1cccc(F)c1F. The molecule has 106 valence electrons. The van der Waals surface area contributed by atoms with Crippen LogP contribution >= 0.6 is 0 Å². The molecule has 0 aliphatic carbocycles. The Bertz CT molecular complexity index is 540. The van der Waals surface area contributed by atoms with Crippen LogP contribution in [0.1, 0.15) is 30.5 Å². The molecule has 0 saturated carbocycles. The molecule has 0 amide bonds. The lowest BCUT2D eigenvalue weighted by atomic mass is 9.98. The van der Waals surface area contributed by atoms with Crippen LogP contribution in [0.25, 0.3) is 0 Å². The van der Waals surface area contributed by atoms with Gasteiger partial charge in [-0.15, -0.1) is 0 Å². The summed E-state index contributed by atoms with van der Waals surface area (Å²) in [5.41, 5.74) is 1.49. The van der Waals surface area contributed by atoms with Crippen molar-refractivity contribution < 1.29 is 8.78 Å². The lowest BCUT2D eigenvalue weighted by Crippen LogP contribution is -2.25. The van der Waals surface area contributed by atoms with E-state index >= 15 is 0 Å². The molecule has 1 N–H and O–H groups in total. The lowest BCUT2D eigenvalue weighted by molar-refractivity contribution is 0.459. The van der Waals surface area contributed by atoms with Crippen molar-refractivity contribution in [3.63, 3.8) is 0 Å². The summed E-state index contributed by atoms with van der Waals surface area (Å²) < 4.78 is 27.4. The van der Waals surface area contributed by atoms with Crippen LogP contribution in [0.2, 0.25) is 0 Å². The molecule has 0 aliphatic rings. The summed E-state index contributed by atoms with van der Waals surface area (Å²) >= 11 is 0. The van der Waals surface area contributed by atoms with Crippen LogP contribution in [0.15, 0.2) is 48.5 Å². The Labute approximate surface area is 118 Å². The predicted octanol–water partition coefficient (Wildman–Crippen LogP) is 4.25. The van der Waals surface area contributed by atoms with Gasteiger partial charge in [0.1, 0.15) is 0 Å². The molecule has 0 radical (unpaired) electrons. The average Bonchev–Trinajstić information content (AvgIpc) is 2.48. The Morgan fingerprint density at radius 2 is 1.75 bits per heavy atom. The summed E-state index contributed by atoms with van der Waals surface area (Å²) in [6, 6.07) is 14.0. The minimum Gasteiger partial charge on any atom is -0.310 e. The van der Waals surface area contributed by atoms with Gasteiger partial charge in [-0.25, -0.2) is 8.78 Å². The van der Waals surface area contributed by atoms with E-state index in [0.717, 1.165) is 24.6 Å². The van der Waals surface area contributed by atoms with Crippen molar-refractivity contribution >= 4 is 0 Å². The maximum absolute atomic E-state index is 14.0. The highest BCUT2D eigenvalue weighted by Crippen LogP contribution is 2.23. The fraction of sp³-hybridized carbons (Fsp3) is 0.294. The third-order valence-corrected chi connectivity index (χ3v) is 3.28. The van der Waals surface area contributed by atoms with Gasteiger partial charge in [-0.2, -0.15) is 0 Å². The number of nitrogens with one attached hydrogen (secondary N) is 1. The van der Waals surface area contributed by atoms with Crippen LogP contribution in [0.4, 0.5) is 8.78 Å². The second-order valence-corrected chi connectivity index (χ2v) is 4.84. The van der Waals surface area contributed by atoms with Crippen LogP contribution < -0.4 is 5.32 Å². The molecule has 2 aromatic carbocycles. The van der Waals surface area contributed by atoms with Gasteiger partial charge in [0.2, 0.25) is 0 Å². The predicted molar refractivity (Wildman–Crippen MR) is 77.5 cm³/mol. The van der Waals surface area contributed by atoms with Gasteiger partial charge in [0.15, 0.2) is 11.6 Å². The van der Waals surface area contributed by atoms with E-state index in [1.165, 1.54) is 0 Å². The molecule has 2 aromatic rings. The molecule has 0 aliphatic heterocycles. The van der Waals surface area contributed by atoms with Gasteiger partial charge in [-0.3, -0.25) is 0 Å². The third-order valence-electron chi connectivity index (χ3n) is 3.28. The fourth-order valence-electron chi connectivity index (χ4n) is 2.25. The highest BCUT2D eigenvalue weighted by Gasteiger charge is 2.17. The molecule has 3 heteroatoms. The molecule has 2 rings (SSSR count). The first-order chi connectivity index (χ1) is 9.72. The van der Waals surface area contributed by atoms with Crippen molar-refractivity contribution in [2.45, 2.75) is 25.8 Å². The van der Waals surface area contributed by atoms with Crippen LogP contribution in [0.3, 0.4) is 0 Å². The van der Waals surface area contributed by atoms with E-state index in [4.69, 9.17) is 0 Å². The number of hydrogen-bond acceptors (Lipinski definition) is 1. The molecule has 0 aromatic heterocycles. The van der Waals surface area contributed by atoms with Gasteiger partial charge < -0.3 is 5.32 Å². The maximum atomic E-state index is 14.0. The normalized spacial score (nSPS) is 12.3. The summed E-state index contributed by atoms with van der Waals surface area (Å²) in [5, 5.41) is 3.30. The Morgan fingerprint density at radius 1 is 1.00 bits per heavy atom. The average molecular weight is 275 g/mol. The molecule has 1 unspecified atom stereocenters. The molecule has 0 fully saturated rings. The van der Waals surface area contributed by atoms with E-state index in [2.05, 4.69) is 12.2 Å². The minimum absolute atomic E-state index is 0.215. The molecular weight excluding hydrogens is 256 g/mol. The van der Waals surface area contributed by atoms with E-state index in [9.17, 15) is 8.78 Å². The number of hydrogen-bond donors (Lipinski definition) is 1. The summed E-state index contributed by atoms with van der Waals surface area (Å²) in [7, 11) is 0. The Hall–Kier alpha value is -1.74. The molecule has 1 nitrogen and oxygen atoms in total. The van der Waals surface area contributed by atoms with Crippen molar-refractivity contribution in [2.75, 3.05) is 6.54 Å². The molecule has 20 heavy (non-hydrogen) atoms. The van der Waals surface area contributed by atoms with Gasteiger partial charge in [-0.1, -0.05) is 49.4 Å². The van der Waals surface area contributed by atoms with Crippen LogP contribution in [-0.4, -0.2) is 6.54 Å². The zero-order valence-electron chi connectivity index (χ0n) is 11.6. The summed E-state index contributed by atoms with van der Waals surface area (Å²) in [5.74, 6) is -1.55. The van der Waals surface area contributed by atoms with Crippen LogP contribution in [0, 0.1) is 11.6 Å². The fourth-order valence-corrected chi connectivity index (χ4v) is 2.25. The molecule has 0 bridgehead atoms. The van der Waals surface area contributed by atoms with E-state index in [1.807, 2.05) is 30.3 Å². The molecule has 0 heterocycles. The first-order valence-electron chi connectivity index (χ1n) is 6.93. The summed E-state index contributed by atoms with van der Waals surface area (Å²) in [6.45, 7) is 2.82. The van der Waals surface area contributed by atoms with Gasteiger partial charge in [0.25, 0.3) is 0 Å². The highest BCUT2D eigenvalue weighted by atomic mass is 19.2. The Balaban J connectivity index is 2.25. The van der Waals surface area contributed by atoms with Crippen molar-refractivity contribution in [3.8, 4) is 0 Å². The third kappa shape index (κ3) is 3.64. The van der Waals surface area contributed by atoms with Crippen LogP contribution in [0.5, 0.6) is 0 Å². The maximum Gasteiger partial charge on any atom is 0.163 e. The largest absolute Gasteiger partial charge is 0.310 e. The monoisotopic (exact) mass is 275 g/mol. The first-order valence-corrected chi connectivity index (χ1v) is 6.93. The number of rotatable bonds is 6. The minimum atomic E-state index is -0.793. The second-order valence-electron chi connectivity index (χ2n) is 4.84. The van der Waals surface area contributed by atoms with Crippen molar-refractivity contribution in [2.24, 2.45) is 0 Å². The zero-order chi connectivity index (χ0) is 14.4. The number of benzene rings is 2. The molecular formula is C17H19F2N. The van der Waals surface area contributed by atoms with Crippen molar-refractivity contribution in [1.82, 2.24) is 5.32 Å². The van der Waals surface area contributed by atoms with Crippen LogP contribution in [-0.2, 0) is 6.42 Å². The highest BCUT2D eigenvalue weighted by molar-refractivity contribution is 5.26. The van der Waals surface area contributed by atoms with Gasteiger partial charge in [0.05, 0.1) is 0 Å². The van der Waals surface area contributed by atoms with E-state index in [0.29, 0.717) is 12.0 Å². The summed E-state index contributed by atoms with van der Waals surface area (Å²) in [6.07, 6.45) is 1.59. The van der Waals surface area contributed by atoms with Gasteiger partial charge in [-0.05, 0) is 31.0 Å². The standard InChI is InChI=1S/C17H19F2N/c1-2-11-20-16(12-13-7-4-3-5-8-13)14-9-6-10-15(18)17(14)19/h3-10,16,20H,2,11-12H2,1H3. The molecule has 0 spiro atoms. The van der Waals surface area contributed by atoms with Crippen molar-refractivity contribution in [3.05, 3.63) is 71.3 Å². The van der Waals surface area contributed by atoms with E-state index in [-0.39, 0.29) is 6.04 Å². The van der Waals surface area contributed by atoms with Gasteiger partial charge in [0, 0.05) is 11.6 Å². The lowest BCUT2D eigenvalue weighted by Gasteiger charge is -2.20.